The van der Waals surface area contributed by atoms with Crippen LogP contribution in [0.5, 0.6) is 11.5 Å². The average Bonchev–Trinajstić information content (AvgIpc) is 3.03. The third kappa shape index (κ3) is 3.68. The molecule has 0 amide bonds. The van der Waals surface area contributed by atoms with Gasteiger partial charge in [0.25, 0.3) is 0 Å². The smallest absolute Gasteiger partial charge is 0.165 e. The van der Waals surface area contributed by atoms with Crippen molar-refractivity contribution < 1.29 is 9.47 Å². The molecule has 0 radical (unpaired) electrons. The van der Waals surface area contributed by atoms with E-state index in [0.29, 0.717) is 0 Å². The minimum atomic E-state index is 0.00885. The number of hydrogen-bond acceptors (Lipinski definition) is 5. The number of aromatic nitrogens is 1. The largest absolute Gasteiger partial charge is 0.493 e. The fourth-order valence-corrected chi connectivity index (χ4v) is 4.03. The fraction of sp³-hybridized carbons (Fsp3) is 0.348. The Morgan fingerprint density at radius 3 is 2.68 bits per heavy atom. The average molecular weight is 377 g/mol. The lowest BCUT2D eigenvalue weighted by Gasteiger charge is -2.32. The van der Waals surface area contributed by atoms with Gasteiger partial charge in [-0.3, -0.25) is 9.88 Å². The number of methoxy groups -OCH3 is 2. The summed E-state index contributed by atoms with van der Waals surface area (Å²) in [5, 5.41) is 4.65. The summed E-state index contributed by atoms with van der Waals surface area (Å²) in [6, 6.07) is 18.7. The lowest BCUT2D eigenvalue weighted by Crippen LogP contribution is -2.33. The van der Waals surface area contributed by atoms with E-state index in [0.717, 1.165) is 66.3 Å². The first-order valence-corrected chi connectivity index (χ1v) is 9.83. The highest BCUT2D eigenvalue weighted by molar-refractivity contribution is 5.78. The molecule has 1 aromatic heterocycles. The summed E-state index contributed by atoms with van der Waals surface area (Å²) in [6.07, 6.45) is 1.11. The second-order valence-electron chi connectivity index (χ2n) is 7.05. The van der Waals surface area contributed by atoms with Crippen molar-refractivity contribution in [1.82, 2.24) is 15.2 Å². The molecule has 28 heavy (non-hydrogen) atoms. The zero-order chi connectivity index (χ0) is 19.3. The van der Waals surface area contributed by atoms with Gasteiger partial charge in [-0.2, -0.15) is 0 Å². The van der Waals surface area contributed by atoms with Crippen molar-refractivity contribution in [2.45, 2.75) is 12.5 Å². The number of rotatable bonds is 5. The van der Waals surface area contributed by atoms with Crippen LogP contribution >= 0.6 is 0 Å². The van der Waals surface area contributed by atoms with Crippen molar-refractivity contribution in [3.05, 3.63) is 65.9 Å². The molecule has 0 saturated carbocycles. The molecule has 1 unspecified atom stereocenters. The Kier molecular flexibility index (Phi) is 5.74. The number of ether oxygens (including phenoxy) is 2. The van der Waals surface area contributed by atoms with Gasteiger partial charge in [0.15, 0.2) is 11.5 Å². The maximum Gasteiger partial charge on any atom is 0.165 e. The second kappa shape index (κ2) is 8.59. The minimum absolute atomic E-state index is 0.00885. The molecule has 1 aliphatic rings. The van der Waals surface area contributed by atoms with Gasteiger partial charge in [0, 0.05) is 30.6 Å². The van der Waals surface area contributed by atoms with Gasteiger partial charge < -0.3 is 14.8 Å². The van der Waals surface area contributed by atoms with Crippen molar-refractivity contribution in [2.75, 3.05) is 40.4 Å². The van der Waals surface area contributed by atoms with E-state index < -0.39 is 0 Å². The molecule has 3 aromatic rings. The second-order valence-corrected chi connectivity index (χ2v) is 7.05. The summed E-state index contributed by atoms with van der Waals surface area (Å²) in [6.45, 7) is 3.98. The predicted molar refractivity (Wildman–Crippen MR) is 112 cm³/mol. The molecule has 0 spiro atoms. The van der Waals surface area contributed by atoms with Gasteiger partial charge in [0.1, 0.15) is 0 Å². The van der Waals surface area contributed by atoms with Crippen LogP contribution in [0.3, 0.4) is 0 Å². The number of para-hydroxylation sites is 2. The highest BCUT2D eigenvalue weighted by Crippen LogP contribution is 2.40. The highest BCUT2D eigenvalue weighted by Gasteiger charge is 2.28. The van der Waals surface area contributed by atoms with Crippen LogP contribution in [0, 0.1) is 0 Å². The van der Waals surface area contributed by atoms with Gasteiger partial charge in [0.05, 0.1) is 31.5 Å². The summed E-state index contributed by atoms with van der Waals surface area (Å²) in [4.78, 5) is 7.52. The monoisotopic (exact) mass is 377 g/mol. The zero-order valence-corrected chi connectivity index (χ0v) is 16.5. The van der Waals surface area contributed by atoms with Gasteiger partial charge in [-0.25, -0.2) is 0 Å². The van der Waals surface area contributed by atoms with Crippen molar-refractivity contribution >= 4 is 10.9 Å². The third-order valence-electron chi connectivity index (χ3n) is 5.37. The van der Waals surface area contributed by atoms with E-state index >= 15 is 0 Å². The minimum Gasteiger partial charge on any atom is -0.493 e. The predicted octanol–water partition coefficient (Wildman–Crippen LogP) is 3.64. The number of nitrogens with zero attached hydrogens (tertiary/aromatic N) is 2. The molecule has 1 saturated heterocycles. The Labute approximate surface area is 166 Å². The normalized spacial score (nSPS) is 16.5. The number of fused-ring (bicyclic) bond motifs is 1. The third-order valence-corrected chi connectivity index (χ3v) is 5.37. The van der Waals surface area contributed by atoms with E-state index in [-0.39, 0.29) is 6.04 Å². The lowest BCUT2D eigenvalue weighted by atomic mass is 9.98. The number of benzene rings is 2. The summed E-state index contributed by atoms with van der Waals surface area (Å²) in [7, 11) is 3.39. The van der Waals surface area contributed by atoms with Gasteiger partial charge in [-0.05, 0) is 31.2 Å². The van der Waals surface area contributed by atoms with Crippen molar-refractivity contribution in [2.24, 2.45) is 0 Å². The zero-order valence-electron chi connectivity index (χ0n) is 16.5. The van der Waals surface area contributed by atoms with Crippen LogP contribution in [0.15, 0.2) is 54.6 Å². The summed E-state index contributed by atoms with van der Waals surface area (Å²) >= 11 is 0. The first-order chi connectivity index (χ1) is 13.8. The van der Waals surface area contributed by atoms with Gasteiger partial charge in [-0.15, -0.1) is 0 Å². The summed E-state index contributed by atoms with van der Waals surface area (Å²) in [5.74, 6) is 1.53. The Balaban J connectivity index is 1.86. The molecule has 2 heterocycles. The number of hydrogen-bond donors (Lipinski definition) is 1. The van der Waals surface area contributed by atoms with Crippen LogP contribution in [0.25, 0.3) is 10.9 Å². The van der Waals surface area contributed by atoms with E-state index in [4.69, 9.17) is 14.5 Å². The van der Waals surface area contributed by atoms with Crippen LogP contribution in [0.4, 0.5) is 0 Å². The Hall–Kier alpha value is -2.63. The van der Waals surface area contributed by atoms with Gasteiger partial charge in [0.2, 0.25) is 0 Å². The molecule has 5 heteroatoms. The molecule has 146 valence electrons. The van der Waals surface area contributed by atoms with E-state index in [9.17, 15) is 0 Å². The van der Waals surface area contributed by atoms with Crippen LogP contribution in [-0.4, -0.2) is 50.3 Å². The maximum absolute atomic E-state index is 5.78. The first kappa shape index (κ1) is 18.7. The highest BCUT2D eigenvalue weighted by atomic mass is 16.5. The van der Waals surface area contributed by atoms with E-state index in [1.807, 2.05) is 24.3 Å². The van der Waals surface area contributed by atoms with E-state index in [1.54, 1.807) is 14.2 Å². The molecule has 1 atom stereocenters. The molecule has 2 aromatic carbocycles. The van der Waals surface area contributed by atoms with Crippen molar-refractivity contribution in [3.63, 3.8) is 0 Å². The Bertz CT molecular complexity index is 936. The SMILES string of the molecule is COc1cccc(C(c2ccc3ccccc3n2)N2CCCNCC2)c1OC. The Morgan fingerprint density at radius 2 is 1.82 bits per heavy atom. The standard InChI is InChI=1S/C23H27N3O2/c1-27-21-10-5-8-18(23(21)28-2)22(26-15-6-13-24-14-16-26)20-12-11-17-7-3-4-9-19(17)25-20/h3-5,7-12,22,24H,6,13-16H2,1-2H3. The van der Waals surface area contributed by atoms with Crippen molar-refractivity contribution in [3.8, 4) is 11.5 Å². The number of pyridine rings is 1. The topological polar surface area (TPSA) is 46.6 Å². The van der Waals surface area contributed by atoms with Crippen LogP contribution in [0.2, 0.25) is 0 Å². The Morgan fingerprint density at radius 1 is 0.929 bits per heavy atom. The first-order valence-electron chi connectivity index (χ1n) is 9.83. The van der Waals surface area contributed by atoms with Crippen LogP contribution in [-0.2, 0) is 0 Å². The fourth-order valence-electron chi connectivity index (χ4n) is 4.03. The quantitative estimate of drug-likeness (QED) is 0.736. The molecule has 1 fully saturated rings. The lowest BCUT2D eigenvalue weighted by molar-refractivity contribution is 0.231. The van der Waals surface area contributed by atoms with Gasteiger partial charge >= 0.3 is 0 Å². The molecule has 5 nitrogen and oxygen atoms in total. The van der Waals surface area contributed by atoms with Gasteiger partial charge in [-0.1, -0.05) is 36.4 Å². The molecular formula is C23H27N3O2. The summed E-state index contributed by atoms with van der Waals surface area (Å²) < 4.78 is 11.4. The molecular weight excluding hydrogens is 350 g/mol. The van der Waals surface area contributed by atoms with E-state index in [1.165, 1.54) is 0 Å². The molecule has 0 aliphatic carbocycles. The van der Waals surface area contributed by atoms with Crippen molar-refractivity contribution in [1.29, 1.82) is 0 Å². The van der Waals surface area contributed by atoms with E-state index in [2.05, 4.69) is 40.5 Å². The molecule has 0 bridgehead atoms. The van der Waals surface area contributed by atoms with Crippen LogP contribution < -0.4 is 14.8 Å². The number of nitrogens with one attached hydrogen (secondary N) is 1. The molecule has 1 N–H and O–H groups in total. The van der Waals surface area contributed by atoms with Crippen LogP contribution in [0.1, 0.15) is 23.7 Å². The molecule has 4 rings (SSSR count). The maximum atomic E-state index is 5.78. The molecule has 1 aliphatic heterocycles. The summed E-state index contributed by atoms with van der Waals surface area (Å²) in [5.41, 5.74) is 3.14.